The Balaban J connectivity index is 1.54. The van der Waals surface area contributed by atoms with Gasteiger partial charge in [-0.2, -0.15) is 0 Å². The second-order valence-corrected chi connectivity index (χ2v) is 6.91. The van der Waals surface area contributed by atoms with Crippen molar-refractivity contribution in [2.24, 2.45) is 16.8 Å². The van der Waals surface area contributed by atoms with E-state index in [1.54, 1.807) is 4.90 Å². The molecule has 1 spiro atoms. The number of carbonyl (C=O) groups excluding carboxylic acids is 1. The molecule has 0 bridgehead atoms. The van der Waals surface area contributed by atoms with Crippen LogP contribution in [0.4, 0.5) is 0 Å². The highest BCUT2D eigenvalue weighted by atomic mass is 16.2. The first-order chi connectivity index (χ1) is 10.6. The van der Waals surface area contributed by atoms with Gasteiger partial charge in [-0.3, -0.25) is 19.7 Å². The lowest BCUT2D eigenvalue weighted by Gasteiger charge is -2.27. The highest BCUT2D eigenvalue weighted by Crippen LogP contribution is 2.50. The molecule has 2 aliphatic heterocycles. The van der Waals surface area contributed by atoms with E-state index in [-0.39, 0.29) is 5.91 Å². The summed E-state index contributed by atoms with van der Waals surface area (Å²) in [7, 11) is 1.85. The van der Waals surface area contributed by atoms with Crippen molar-refractivity contribution in [3.05, 3.63) is 30.1 Å². The number of hydrogen-bond acceptors (Lipinski definition) is 4. The zero-order valence-electron chi connectivity index (χ0n) is 13.2. The van der Waals surface area contributed by atoms with E-state index in [0.717, 1.165) is 38.3 Å². The number of likely N-dealkylation sites (N-methyl/N-ethyl adjacent to an activating group) is 1. The van der Waals surface area contributed by atoms with E-state index < -0.39 is 5.54 Å². The van der Waals surface area contributed by atoms with Gasteiger partial charge in [0.15, 0.2) is 0 Å². The normalized spacial score (nSPS) is 34.5. The van der Waals surface area contributed by atoms with Crippen molar-refractivity contribution in [2.75, 3.05) is 20.1 Å². The molecular weight excluding hydrogens is 276 g/mol. The smallest absolute Gasteiger partial charge is 0.255 e. The molecule has 0 N–H and O–H groups in total. The number of amidine groups is 1. The molecule has 1 saturated heterocycles. The lowest BCUT2D eigenvalue weighted by atomic mass is 9.85. The first kappa shape index (κ1) is 13.9. The Morgan fingerprint density at radius 2 is 2.27 bits per heavy atom. The number of aliphatic imine (C=N–C) groups is 1. The molecular formula is C17H22N4O. The van der Waals surface area contributed by atoms with Crippen LogP contribution in [0.3, 0.4) is 0 Å². The van der Waals surface area contributed by atoms with Crippen molar-refractivity contribution in [2.45, 2.75) is 31.8 Å². The van der Waals surface area contributed by atoms with Crippen LogP contribution < -0.4 is 0 Å². The number of hydrogen-bond donors (Lipinski definition) is 0. The molecule has 3 heterocycles. The molecule has 5 heteroatoms. The molecule has 4 rings (SSSR count). The molecule has 116 valence electrons. The summed E-state index contributed by atoms with van der Waals surface area (Å²) in [6.45, 7) is 4.91. The monoisotopic (exact) mass is 298 g/mol. The number of pyridine rings is 1. The minimum absolute atomic E-state index is 0.209. The average Bonchev–Trinajstić information content (AvgIpc) is 3.12. The summed E-state index contributed by atoms with van der Waals surface area (Å²) in [6.07, 6.45) is 5.77. The van der Waals surface area contributed by atoms with Crippen LogP contribution in [-0.4, -0.2) is 52.2 Å². The Kier molecular flexibility index (Phi) is 3.08. The molecule has 1 aromatic heterocycles. The van der Waals surface area contributed by atoms with Crippen molar-refractivity contribution >= 4 is 11.7 Å². The molecule has 5 nitrogen and oxygen atoms in total. The molecule has 3 atom stereocenters. The highest BCUT2D eigenvalue weighted by Gasteiger charge is 2.59. The van der Waals surface area contributed by atoms with Gasteiger partial charge >= 0.3 is 0 Å². The van der Waals surface area contributed by atoms with E-state index >= 15 is 0 Å². The van der Waals surface area contributed by atoms with Crippen LogP contribution in [0.1, 0.15) is 25.3 Å². The molecule has 1 aliphatic carbocycles. The lowest BCUT2D eigenvalue weighted by Crippen LogP contribution is -2.45. The number of amides is 1. The number of aromatic nitrogens is 1. The fourth-order valence-electron chi connectivity index (χ4n) is 4.52. The molecule has 0 radical (unpaired) electrons. The topological polar surface area (TPSA) is 48.8 Å². The van der Waals surface area contributed by atoms with Gasteiger partial charge in [0.2, 0.25) is 0 Å². The molecule has 0 unspecified atom stereocenters. The maximum Gasteiger partial charge on any atom is 0.255 e. The summed E-state index contributed by atoms with van der Waals surface area (Å²) >= 11 is 0. The fourth-order valence-corrected chi connectivity index (χ4v) is 4.52. The van der Waals surface area contributed by atoms with Gasteiger partial charge in [-0.15, -0.1) is 0 Å². The predicted molar refractivity (Wildman–Crippen MR) is 84.3 cm³/mol. The molecule has 1 saturated carbocycles. The quantitative estimate of drug-likeness (QED) is 0.832. The highest BCUT2D eigenvalue weighted by molar-refractivity contribution is 6.07. The van der Waals surface area contributed by atoms with Crippen molar-refractivity contribution in [1.29, 1.82) is 0 Å². The third-order valence-electron chi connectivity index (χ3n) is 5.68. The number of rotatable bonds is 2. The Bertz CT molecular complexity index is 629. The van der Waals surface area contributed by atoms with Crippen LogP contribution in [0.15, 0.2) is 29.5 Å². The fraction of sp³-hybridized carbons (Fsp3) is 0.588. The molecule has 1 aromatic rings. The van der Waals surface area contributed by atoms with Crippen LogP contribution in [0.5, 0.6) is 0 Å². The van der Waals surface area contributed by atoms with Crippen molar-refractivity contribution in [3.8, 4) is 0 Å². The minimum atomic E-state index is -0.465. The lowest BCUT2D eigenvalue weighted by molar-refractivity contribution is -0.131. The van der Waals surface area contributed by atoms with Gasteiger partial charge in [0, 0.05) is 45.0 Å². The van der Waals surface area contributed by atoms with E-state index in [1.165, 1.54) is 5.56 Å². The third-order valence-corrected chi connectivity index (χ3v) is 5.68. The van der Waals surface area contributed by atoms with Crippen molar-refractivity contribution in [3.63, 3.8) is 0 Å². The van der Waals surface area contributed by atoms with Gasteiger partial charge in [0.1, 0.15) is 11.4 Å². The largest absolute Gasteiger partial charge is 0.302 e. The summed E-state index contributed by atoms with van der Waals surface area (Å²) in [5.41, 5.74) is 0.777. The van der Waals surface area contributed by atoms with Gasteiger partial charge in [0.25, 0.3) is 5.91 Å². The van der Waals surface area contributed by atoms with Crippen LogP contribution >= 0.6 is 0 Å². The van der Waals surface area contributed by atoms with Crippen LogP contribution in [0.25, 0.3) is 0 Å². The average molecular weight is 298 g/mol. The molecule has 3 aliphatic rings. The summed E-state index contributed by atoms with van der Waals surface area (Å²) < 4.78 is 0. The number of nitrogens with zero attached hydrogens (tertiary/aromatic N) is 4. The van der Waals surface area contributed by atoms with Gasteiger partial charge < -0.3 is 4.90 Å². The molecule has 0 aromatic carbocycles. The third kappa shape index (κ3) is 1.92. The number of carbonyl (C=O) groups is 1. The number of fused-ring (bicyclic) bond motifs is 2. The van der Waals surface area contributed by atoms with E-state index in [9.17, 15) is 4.79 Å². The van der Waals surface area contributed by atoms with E-state index in [4.69, 9.17) is 4.99 Å². The van der Waals surface area contributed by atoms with E-state index in [0.29, 0.717) is 11.8 Å². The zero-order chi connectivity index (χ0) is 15.3. The van der Waals surface area contributed by atoms with Crippen LogP contribution in [-0.2, 0) is 11.3 Å². The maximum atomic E-state index is 12.7. The number of likely N-dealkylation sites (tertiary alicyclic amines) is 1. The predicted octanol–water partition coefficient (Wildman–Crippen LogP) is 1.55. The van der Waals surface area contributed by atoms with E-state index in [1.807, 2.05) is 32.4 Å². The SMILES string of the molecule is CC1=N[C@]2(CC[C@H]3CN(Cc4cccnc4)C[C@H]32)C(=O)N1C. The first-order valence-electron chi connectivity index (χ1n) is 8.06. The molecule has 2 fully saturated rings. The first-order valence-corrected chi connectivity index (χ1v) is 8.06. The molecule has 22 heavy (non-hydrogen) atoms. The zero-order valence-corrected chi connectivity index (χ0v) is 13.2. The summed E-state index contributed by atoms with van der Waals surface area (Å²) in [4.78, 5) is 25.9. The second kappa shape index (κ2) is 4.88. The van der Waals surface area contributed by atoms with Crippen molar-refractivity contribution in [1.82, 2.24) is 14.8 Å². The minimum Gasteiger partial charge on any atom is -0.302 e. The second-order valence-electron chi connectivity index (χ2n) is 6.91. The van der Waals surface area contributed by atoms with Gasteiger partial charge in [0.05, 0.1) is 0 Å². The van der Waals surface area contributed by atoms with Gasteiger partial charge in [-0.1, -0.05) is 6.07 Å². The van der Waals surface area contributed by atoms with Gasteiger partial charge in [-0.05, 0) is 37.3 Å². The summed E-state index contributed by atoms with van der Waals surface area (Å²) in [5, 5.41) is 0. The summed E-state index contributed by atoms with van der Waals surface area (Å²) in [5.74, 6) is 2.05. The van der Waals surface area contributed by atoms with E-state index in [2.05, 4.69) is 16.0 Å². The van der Waals surface area contributed by atoms with Crippen LogP contribution in [0.2, 0.25) is 0 Å². The van der Waals surface area contributed by atoms with Crippen LogP contribution in [0, 0.1) is 11.8 Å². The standard InChI is InChI=1S/C17H22N4O/c1-12-19-17(16(22)20(12)2)6-5-14-10-21(11-15(14)17)9-13-4-3-7-18-8-13/h3-4,7-8,14-15H,5-6,9-11H2,1-2H3/t14-,15+,17-/m0/s1. The van der Waals surface area contributed by atoms with Crippen molar-refractivity contribution < 1.29 is 4.79 Å². The Labute approximate surface area is 131 Å². The Morgan fingerprint density at radius 1 is 1.41 bits per heavy atom. The Hall–Kier alpha value is -1.75. The Morgan fingerprint density at radius 3 is 2.95 bits per heavy atom. The molecule has 1 amide bonds. The van der Waals surface area contributed by atoms with Gasteiger partial charge in [-0.25, -0.2) is 0 Å². The maximum absolute atomic E-state index is 12.7. The summed E-state index contributed by atoms with van der Waals surface area (Å²) in [6, 6.07) is 4.10.